The number of carbonyl (C=O) groups is 3. The molecule has 2 rings (SSSR count). The summed E-state index contributed by atoms with van der Waals surface area (Å²) in [5.41, 5.74) is 7.37. The van der Waals surface area contributed by atoms with Crippen molar-refractivity contribution in [3.8, 4) is 0 Å². The summed E-state index contributed by atoms with van der Waals surface area (Å²) in [5, 5.41) is 4.85. The van der Waals surface area contributed by atoms with Crippen molar-refractivity contribution in [2.75, 3.05) is 0 Å². The van der Waals surface area contributed by atoms with Gasteiger partial charge < -0.3 is 11.1 Å². The number of hydrogen-bond donors (Lipinski definition) is 3. The minimum Gasteiger partial charge on any atom is -0.344 e. The van der Waals surface area contributed by atoms with Crippen LogP contribution in [0.15, 0.2) is 24.3 Å². The third-order valence-corrected chi connectivity index (χ3v) is 3.26. The van der Waals surface area contributed by atoms with Crippen molar-refractivity contribution < 1.29 is 14.4 Å². The van der Waals surface area contributed by atoms with Gasteiger partial charge in [0, 0.05) is 13.0 Å². The Morgan fingerprint density at radius 1 is 1.30 bits per heavy atom. The number of rotatable bonds is 4. The van der Waals surface area contributed by atoms with E-state index in [1.165, 1.54) is 0 Å². The highest BCUT2D eigenvalue weighted by atomic mass is 16.2. The molecule has 1 aromatic carbocycles. The van der Waals surface area contributed by atoms with Gasteiger partial charge in [0.15, 0.2) is 0 Å². The lowest BCUT2D eigenvalue weighted by molar-refractivity contribution is -0.137. The highest BCUT2D eigenvalue weighted by molar-refractivity contribution is 6.01. The maximum atomic E-state index is 12.0. The maximum absolute atomic E-state index is 12.0. The molecule has 1 heterocycles. The van der Waals surface area contributed by atoms with Crippen LogP contribution in [0.4, 0.5) is 0 Å². The molecular weight excluding hydrogens is 258 g/mol. The van der Waals surface area contributed by atoms with Gasteiger partial charge in [-0.3, -0.25) is 19.7 Å². The highest BCUT2D eigenvalue weighted by Gasteiger charge is 2.27. The second kappa shape index (κ2) is 6.29. The predicted octanol–water partition coefficient (Wildman–Crippen LogP) is -0.391. The van der Waals surface area contributed by atoms with Gasteiger partial charge in [-0.15, -0.1) is 0 Å². The lowest BCUT2D eigenvalue weighted by Gasteiger charge is -2.22. The van der Waals surface area contributed by atoms with Crippen LogP contribution in [-0.4, -0.2) is 23.8 Å². The molecule has 1 aromatic rings. The van der Waals surface area contributed by atoms with E-state index in [1.807, 2.05) is 24.3 Å². The summed E-state index contributed by atoms with van der Waals surface area (Å²) in [4.78, 5) is 34.5. The zero-order valence-corrected chi connectivity index (χ0v) is 11.0. The first kappa shape index (κ1) is 14.2. The lowest BCUT2D eigenvalue weighted by atomic mass is 10.0. The molecule has 0 radical (unpaired) electrons. The quantitative estimate of drug-likeness (QED) is 0.651. The first-order chi connectivity index (χ1) is 9.60. The Kier molecular flexibility index (Phi) is 4.47. The number of nitrogens with two attached hydrogens (primary N) is 1. The molecule has 0 saturated carbocycles. The van der Waals surface area contributed by atoms with Crippen molar-refractivity contribution in [2.24, 2.45) is 5.73 Å². The van der Waals surface area contributed by atoms with Crippen LogP contribution >= 0.6 is 0 Å². The molecule has 6 nitrogen and oxygen atoms in total. The molecule has 0 aromatic heterocycles. The van der Waals surface area contributed by atoms with E-state index in [-0.39, 0.29) is 24.7 Å². The first-order valence-corrected chi connectivity index (χ1v) is 6.50. The molecular formula is C14H17N3O3. The monoisotopic (exact) mass is 275 g/mol. The summed E-state index contributed by atoms with van der Waals surface area (Å²) in [5.74, 6) is -0.990. The Morgan fingerprint density at radius 2 is 2.00 bits per heavy atom. The van der Waals surface area contributed by atoms with Crippen molar-refractivity contribution in [1.82, 2.24) is 10.6 Å². The lowest BCUT2D eigenvalue weighted by Crippen LogP contribution is -2.52. The SMILES string of the molecule is NCc1ccccc1CC(=O)NC1CCC(=O)NC1=O. The molecule has 106 valence electrons. The van der Waals surface area contributed by atoms with Crippen LogP contribution in [-0.2, 0) is 27.3 Å². The molecule has 1 aliphatic rings. The van der Waals surface area contributed by atoms with Crippen LogP contribution in [0.3, 0.4) is 0 Å². The molecule has 4 N–H and O–H groups in total. The molecule has 1 aliphatic heterocycles. The number of amides is 3. The molecule has 0 spiro atoms. The molecule has 1 saturated heterocycles. The molecule has 6 heteroatoms. The average molecular weight is 275 g/mol. The molecule has 0 bridgehead atoms. The van der Waals surface area contributed by atoms with Gasteiger partial charge in [0.25, 0.3) is 0 Å². The van der Waals surface area contributed by atoms with Crippen molar-refractivity contribution in [2.45, 2.75) is 31.8 Å². The summed E-state index contributed by atoms with van der Waals surface area (Å²) in [7, 11) is 0. The van der Waals surface area contributed by atoms with Crippen LogP contribution in [0, 0.1) is 0 Å². The summed E-state index contributed by atoms with van der Waals surface area (Å²) in [6.45, 7) is 0.363. The highest BCUT2D eigenvalue weighted by Crippen LogP contribution is 2.10. The minimum atomic E-state index is -0.634. The second-order valence-electron chi connectivity index (χ2n) is 4.72. The van der Waals surface area contributed by atoms with E-state index in [0.29, 0.717) is 13.0 Å². The normalized spacial score (nSPS) is 18.6. The topological polar surface area (TPSA) is 101 Å². The fourth-order valence-corrected chi connectivity index (χ4v) is 2.18. The van der Waals surface area contributed by atoms with E-state index >= 15 is 0 Å². The Bertz CT molecular complexity index is 542. The van der Waals surface area contributed by atoms with Gasteiger partial charge in [0.1, 0.15) is 6.04 Å². The third kappa shape index (κ3) is 3.42. The summed E-state index contributed by atoms with van der Waals surface area (Å²) < 4.78 is 0. The standard InChI is InChI=1S/C14H17N3O3/c15-8-10-4-2-1-3-9(10)7-13(19)16-11-5-6-12(18)17-14(11)20/h1-4,11H,5-8,15H2,(H,16,19)(H,17,18,20). The van der Waals surface area contributed by atoms with Crippen molar-refractivity contribution in [3.63, 3.8) is 0 Å². The number of hydrogen-bond acceptors (Lipinski definition) is 4. The smallest absolute Gasteiger partial charge is 0.249 e. The number of carbonyl (C=O) groups excluding carboxylic acids is 3. The summed E-state index contributed by atoms with van der Waals surface area (Å²) in [6.07, 6.45) is 0.760. The predicted molar refractivity (Wildman–Crippen MR) is 72.4 cm³/mol. The number of nitrogens with one attached hydrogen (secondary N) is 2. The summed E-state index contributed by atoms with van der Waals surface area (Å²) in [6, 6.07) is 6.78. The van der Waals surface area contributed by atoms with Crippen LogP contribution in [0.5, 0.6) is 0 Å². The number of piperidine rings is 1. The zero-order chi connectivity index (χ0) is 14.5. The Hall–Kier alpha value is -2.21. The van der Waals surface area contributed by atoms with E-state index < -0.39 is 11.9 Å². The fraction of sp³-hybridized carbons (Fsp3) is 0.357. The Labute approximate surface area is 116 Å². The van der Waals surface area contributed by atoms with Crippen molar-refractivity contribution >= 4 is 17.7 Å². The van der Waals surface area contributed by atoms with Crippen LogP contribution in [0.1, 0.15) is 24.0 Å². The van der Waals surface area contributed by atoms with Gasteiger partial charge in [-0.05, 0) is 17.5 Å². The van der Waals surface area contributed by atoms with Crippen LogP contribution in [0.2, 0.25) is 0 Å². The third-order valence-electron chi connectivity index (χ3n) is 3.26. The largest absolute Gasteiger partial charge is 0.344 e. The Balaban J connectivity index is 1.95. The van der Waals surface area contributed by atoms with E-state index in [4.69, 9.17) is 5.73 Å². The Morgan fingerprint density at radius 3 is 2.65 bits per heavy atom. The van der Waals surface area contributed by atoms with Gasteiger partial charge in [-0.2, -0.15) is 0 Å². The summed E-state index contributed by atoms with van der Waals surface area (Å²) >= 11 is 0. The molecule has 0 aliphatic carbocycles. The average Bonchev–Trinajstić information content (AvgIpc) is 2.42. The number of benzene rings is 1. The van der Waals surface area contributed by atoms with Gasteiger partial charge in [-0.25, -0.2) is 0 Å². The molecule has 3 amide bonds. The molecule has 1 atom stereocenters. The maximum Gasteiger partial charge on any atom is 0.249 e. The molecule has 1 unspecified atom stereocenters. The second-order valence-corrected chi connectivity index (χ2v) is 4.72. The fourth-order valence-electron chi connectivity index (χ4n) is 2.18. The van der Waals surface area contributed by atoms with E-state index in [0.717, 1.165) is 11.1 Å². The first-order valence-electron chi connectivity index (χ1n) is 6.50. The van der Waals surface area contributed by atoms with E-state index in [9.17, 15) is 14.4 Å². The molecule has 20 heavy (non-hydrogen) atoms. The van der Waals surface area contributed by atoms with Gasteiger partial charge in [0.2, 0.25) is 17.7 Å². The van der Waals surface area contributed by atoms with Gasteiger partial charge >= 0.3 is 0 Å². The van der Waals surface area contributed by atoms with Crippen LogP contribution in [0.25, 0.3) is 0 Å². The van der Waals surface area contributed by atoms with E-state index in [2.05, 4.69) is 10.6 Å². The van der Waals surface area contributed by atoms with Crippen molar-refractivity contribution in [3.05, 3.63) is 35.4 Å². The minimum absolute atomic E-state index is 0.172. The van der Waals surface area contributed by atoms with E-state index in [1.54, 1.807) is 0 Å². The van der Waals surface area contributed by atoms with Crippen LogP contribution < -0.4 is 16.4 Å². The molecule has 1 fully saturated rings. The zero-order valence-electron chi connectivity index (χ0n) is 11.0. The van der Waals surface area contributed by atoms with Crippen molar-refractivity contribution in [1.29, 1.82) is 0 Å². The van der Waals surface area contributed by atoms with Gasteiger partial charge in [-0.1, -0.05) is 24.3 Å². The number of imide groups is 1. The van der Waals surface area contributed by atoms with Gasteiger partial charge in [0.05, 0.1) is 6.42 Å².